The van der Waals surface area contributed by atoms with E-state index >= 15 is 0 Å². The van der Waals surface area contributed by atoms with Crippen LogP contribution in [-0.4, -0.2) is 23.0 Å². The summed E-state index contributed by atoms with van der Waals surface area (Å²) in [5.41, 5.74) is 4.65. The number of benzene rings is 4. The Kier molecular flexibility index (Phi) is 5.80. The molecule has 4 aromatic carbocycles. The number of carbonyl (C=O) groups is 1. The minimum atomic E-state index is -0.711. The molecule has 4 aliphatic carbocycles. The number of anilines is 2. The largest absolute Gasteiger partial charge is 0.425 e. The van der Waals surface area contributed by atoms with Crippen molar-refractivity contribution in [1.29, 1.82) is 0 Å². The lowest BCUT2D eigenvalue weighted by atomic mass is 9.44. The second-order valence-corrected chi connectivity index (χ2v) is 13.4. The molecule has 45 heavy (non-hydrogen) atoms. The Labute approximate surface area is 260 Å². The molecular formula is C37H32N2O6. The van der Waals surface area contributed by atoms with E-state index in [-0.39, 0.29) is 18.2 Å². The summed E-state index contributed by atoms with van der Waals surface area (Å²) in [5.74, 6) is 2.55. The van der Waals surface area contributed by atoms with Crippen molar-refractivity contribution in [3.63, 3.8) is 0 Å². The molecule has 2 heterocycles. The molecule has 4 aromatic rings. The number of para-hydroxylation sites is 2. The average Bonchev–Trinajstić information content (AvgIpc) is 3.04. The zero-order chi connectivity index (χ0) is 30.3. The van der Waals surface area contributed by atoms with Gasteiger partial charge in [0.1, 0.15) is 17.9 Å². The molecule has 0 N–H and O–H groups in total. The number of non-ortho nitro benzene ring substituents is 1. The Morgan fingerprint density at radius 1 is 0.756 bits per heavy atom. The van der Waals surface area contributed by atoms with Crippen molar-refractivity contribution in [2.45, 2.75) is 43.3 Å². The molecule has 4 bridgehead atoms. The highest BCUT2D eigenvalue weighted by Gasteiger charge is 2.77. The molecule has 6 aliphatic rings. The third-order valence-corrected chi connectivity index (χ3v) is 11.1. The molecule has 2 aliphatic heterocycles. The first-order chi connectivity index (χ1) is 22.0. The molecule has 2 spiro atoms. The Balaban J connectivity index is 1.02. The molecule has 8 nitrogen and oxygen atoms in total. The van der Waals surface area contributed by atoms with Gasteiger partial charge in [0.15, 0.2) is 5.60 Å². The van der Waals surface area contributed by atoms with E-state index in [1.807, 2.05) is 24.3 Å². The molecular weight excluding hydrogens is 568 g/mol. The van der Waals surface area contributed by atoms with E-state index in [9.17, 15) is 14.9 Å². The van der Waals surface area contributed by atoms with Crippen LogP contribution < -0.4 is 9.64 Å². The van der Waals surface area contributed by atoms with Crippen LogP contribution in [0.25, 0.3) is 11.1 Å². The lowest BCUT2D eigenvalue weighted by Gasteiger charge is -2.71. The molecule has 10 rings (SSSR count). The van der Waals surface area contributed by atoms with Crippen molar-refractivity contribution in [1.82, 2.24) is 0 Å². The van der Waals surface area contributed by atoms with Crippen LogP contribution in [0.3, 0.4) is 0 Å². The van der Waals surface area contributed by atoms with Gasteiger partial charge < -0.3 is 9.64 Å². The Bertz CT molecular complexity index is 1760. The number of carbonyl (C=O) groups excluding carboxylic acids is 1. The molecule has 8 heteroatoms. The second-order valence-electron chi connectivity index (χ2n) is 13.4. The zero-order valence-electron chi connectivity index (χ0n) is 24.6. The average molecular weight is 601 g/mol. The third kappa shape index (κ3) is 3.76. The van der Waals surface area contributed by atoms with Gasteiger partial charge in [0, 0.05) is 34.6 Å². The normalized spacial score (nSPS) is 28.0. The van der Waals surface area contributed by atoms with E-state index in [2.05, 4.69) is 41.3 Å². The smallest absolute Gasteiger partial charge is 0.331 e. The number of ether oxygens (including phenoxy) is 1. The Morgan fingerprint density at radius 3 is 1.80 bits per heavy atom. The van der Waals surface area contributed by atoms with Gasteiger partial charge in [-0.2, -0.15) is 0 Å². The van der Waals surface area contributed by atoms with Crippen LogP contribution in [0.15, 0.2) is 97.1 Å². The maximum atomic E-state index is 13.5. The van der Waals surface area contributed by atoms with Crippen LogP contribution in [0.4, 0.5) is 17.1 Å². The van der Waals surface area contributed by atoms with Gasteiger partial charge in [0.2, 0.25) is 0 Å². The number of nitro benzene ring substituents is 1. The van der Waals surface area contributed by atoms with Crippen LogP contribution in [0.5, 0.6) is 5.75 Å². The van der Waals surface area contributed by atoms with Crippen LogP contribution in [-0.2, 0) is 20.2 Å². The lowest BCUT2D eigenvalue weighted by molar-refractivity contribution is -0.583. The minimum absolute atomic E-state index is 0.0269. The fourth-order valence-electron chi connectivity index (χ4n) is 9.57. The first-order valence-electron chi connectivity index (χ1n) is 15.9. The third-order valence-electron chi connectivity index (χ3n) is 11.1. The van der Waals surface area contributed by atoms with Gasteiger partial charge in [-0.1, -0.05) is 48.5 Å². The summed E-state index contributed by atoms with van der Waals surface area (Å²) >= 11 is 0. The summed E-state index contributed by atoms with van der Waals surface area (Å²) < 4.78 is 5.84. The van der Waals surface area contributed by atoms with Gasteiger partial charge in [-0.05, 0) is 103 Å². The molecule has 0 atom stereocenters. The predicted molar refractivity (Wildman–Crippen MR) is 167 cm³/mol. The van der Waals surface area contributed by atoms with Gasteiger partial charge >= 0.3 is 5.97 Å². The highest BCUT2D eigenvalue weighted by atomic mass is 17.3. The summed E-state index contributed by atoms with van der Waals surface area (Å²) in [6, 6.07) is 30.2. The summed E-state index contributed by atoms with van der Waals surface area (Å²) in [5, 5.41) is 11.0. The van der Waals surface area contributed by atoms with Crippen LogP contribution in [0.1, 0.15) is 43.2 Å². The quantitative estimate of drug-likeness (QED) is 0.0762. The number of esters is 1. The topological polar surface area (TPSA) is 91.1 Å². The fraction of sp³-hybridized carbons (Fsp3) is 0.324. The molecule has 0 unspecified atom stereocenters. The first kappa shape index (κ1) is 26.8. The maximum Gasteiger partial charge on any atom is 0.331 e. The fourth-order valence-corrected chi connectivity index (χ4v) is 9.57. The number of rotatable bonds is 5. The lowest BCUT2D eigenvalue weighted by Crippen LogP contribution is -2.76. The summed E-state index contributed by atoms with van der Waals surface area (Å²) in [4.78, 5) is 39.0. The number of nitro groups is 1. The predicted octanol–water partition coefficient (Wildman–Crippen LogP) is 7.72. The molecule has 0 amide bonds. The van der Waals surface area contributed by atoms with Crippen LogP contribution in [0, 0.1) is 33.8 Å². The number of fused-ring (bicyclic) bond motifs is 4. The second kappa shape index (κ2) is 9.73. The molecule has 1 saturated heterocycles. The monoisotopic (exact) mass is 600 g/mol. The molecule has 0 aromatic heterocycles. The summed E-state index contributed by atoms with van der Waals surface area (Å²) in [6.45, 7) is 0.0269. The van der Waals surface area contributed by atoms with E-state index < -0.39 is 16.1 Å². The Hall–Kier alpha value is -4.53. The number of hydrogen-bond donors (Lipinski definition) is 0. The van der Waals surface area contributed by atoms with Crippen molar-refractivity contribution in [2.75, 3.05) is 11.4 Å². The van der Waals surface area contributed by atoms with Crippen molar-refractivity contribution in [3.8, 4) is 16.9 Å². The van der Waals surface area contributed by atoms with E-state index in [0.717, 1.165) is 45.5 Å². The number of nitrogens with zero attached hydrogens (tertiary/aromatic N) is 2. The molecule has 4 saturated carbocycles. The van der Waals surface area contributed by atoms with E-state index in [4.69, 9.17) is 14.5 Å². The first-order valence-corrected chi connectivity index (χ1v) is 15.9. The zero-order valence-corrected chi connectivity index (χ0v) is 24.6. The highest BCUT2D eigenvalue weighted by molar-refractivity contribution is 5.87. The van der Waals surface area contributed by atoms with Gasteiger partial charge in [0.05, 0.1) is 4.92 Å². The van der Waals surface area contributed by atoms with Gasteiger partial charge in [-0.3, -0.25) is 10.1 Å². The summed E-state index contributed by atoms with van der Waals surface area (Å²) in [7, 11) is 0. The SMILES string of the molecule is O=C(CN1c2ccccc2C2(OOC23C2CC4CC(C2)CC3C4)c2ccccc21)Oc1ccc(-c2ccc([N+](=O)[O-])cc2)cc1. The van der Waals surface area contributed by atoms with Crippen molar-refractivity contribution in [2.24, 2.45) is 23.7 Å². The molecule has 0 radical (unpaired) electrons. The standard InChI is InChI=1S/C37H32N2O6/c40-35(43-30-15-11-26(12-16-30)25-9-13-29(14-10-25)39(41)42)22-38-33-7-3-1-5-31(33)37(32-6-2-4-8-34(32)38)36(44-45-37)27-18-23-17-24(20-27)21-28(36)19-23/h1-16,23-24,27-28H,17-22H2. The van der Waals surface area contributed by atoms with Crippen molar-refractivity contribution >= 4 is 23.0 Å². The van der Waals surface area contributed by atoms with Crippen LogP contribution in [0.2, 0.25) is 0 Å². The van der Waals surface area contributed by atoms with Gasteiger partial charge in [-0.25, -0.2) is 14.6 Å². The highest BCUT2D eigenvalue weighted by Crippen LogP contribution is 2.73. The van der Waals surface area contributed by atoms with E-state index in [1.165, 1.54) is 44.2 Å². The van der Waals surface area contributed by atoms with Crippen molar-refractivity contribution < 1.29 is 24.2 Å². The van der Waals surface area contributed by atoms with E-state index in [1.54, 1.807) is 24.3 Å². The van der Waals surface area contributed by atoms with Gasteiger partial charge in [-0.15, -0.1) is 0 Å². The van der Waals surface area contributed by atoms with E-state index in [0.29, 0.717) is 17.6 Å². The maximum absolute atomic E-state index is 13.5. The Morgan fingerprint density at radius 2 is 1.29 bits per heavy atom. The van der Waals surface area contributed by atoms with Crippen molar-refractivity contribution in [3.05, 3.63) is 118 Å². The van der Waals surface area contributed by atoms with Gasteiger partial charge in [0.25, 0.3) is 5.69 Å². The number of hydrogen-bond acceptors (Lipinski definition) is 7. The molecule has 226 valence electrons. The minimum Gasteiger partial charge on any atom is -0.425 e. The summed E-state index contributed by atoms with van der Waals surface area (Å²) in [6.07, 6.45) is 6.14. The van der Waals surface area contributed by atoms with Crippen LogP contribution >= 0.6 is 0 Å². The molecule has 5 fully saturated rings.